The largest absolute Gasteiger partial charge is 0.124 e. The molecule has 5 saturated carbocycles. The SMILES string of the molecule is C=CC[Si](C)(C)C1CC([Si](c2ccccc2)(c2ccccc2)C2C3CCCCC3C3CCCCC32)C2CCCCC21. The fourth-order valence-corrected chi connectivity index (χ4v) is 24.3. The normalized spacial score (nSPS) is 37.2. The van der Waals surface area contributed by atoms with Crippen LogP contribution in [0.3, 0.4) is 0 Å². The Hall–Kier alpha value is -1.39. The van der Waals surface area contributed by atoms with E-state index in [0.29, 0.717) is 0 Å². The highest BCUT2D eigenvalue weighted by Crippen LogP contribution is 2.69. The van der Waals surface area contributed by atoms with E-state index in [1.54, 1.807) is 0 Å². The van der Waals surface area contributed by atoms with E-state index in [1.165, 1.54) is 89.5 Å². The van der Waals surface area contributed by atoms with Crippen LogP contribution in [0.15, 0.2) is 73.3 Å². The molecule has 0 aromatic heterocycles. The summed E-state index contributed by atoms with van der Waals surface area (Å²) >= 11 is 0. The van der Waals surface area contributed by atoms with Crippen LogP contribution in [0.1, 0.15) is 83.5 Å². The van der Waals surface area contributed by atoms with Gasteiger partial charge in [-0.3, -0.25) is 0 Å². The summed E-state index contributed by atoms with van der Waals surface area (Å²) in [5.41, 5.74) is 2.83. The molecule has 5 aliphatic rings. The predicted octanol–water partition coefficient (Wildman–Crippen LogP) is 10.1. The maximum absolute atomic E-state index is 4.28. The fourth-order valence-electron chi connectivity index (χ4n) is 12.7. The maximum Gasteiger partial charge on any atom is 0.124 e. The highest BCUT2D eigenvalue weighted by molar-refractivity contribution is 7.04. The summed E-state index contributed by atoms with van der Waals surface area (Å²) in [7, 11) is -3.56. The smallest absolute Gasteiger partial charge is 0.103 e. The molecule has 0 spiro atoms. The highest BCUT2D eigenvalue weighted by atomic mass is 28.3. The van der Waals surface area contributed by atoms with Gasteiger partial charge in [-0.15, -0.1) is 6.58 Å². The topological polar surface area (TPSA) is 0 Å². The lowest BCUT2D eigenvalue weighted by atomic mass is 9.73. The van der Waals surface area contributed by atoms with Gasteiger partial charge in [0.15, 0.2) is 0 Å². The second-order valence-electron chi connectivity index (χ2n) is 15.9. The van der Waals surface area contributed by atoms with Crippen molar-refractivity contribution >= 4 is 26.5 Å². The van der Waals surface area contributed by atoms with Crippen molar-refractivity contribution in [3.63, 3.8) is 0 Å². The Morgan fingerprint density at radius 2 is 1.00 bits per heavy atom. The van der Waals surface area contributed by atoms with Crippen molar-refractivity contribution in [1.29, 1.82) is 0 Å². The van der Waals surface area contributed by atoms with E-state index in [0.717, 1.165) is 52.1 Å². The number of rotatable bonds is 7. The first-order valence-corrected chi connectivity index (χ1v) is 23.2. The molecule has 2 aromatic rings. The Morgan fingerprint density at radius 3 is 1.46 bits per heavy atom. The number of allylic oxidation sites excluding steroid dienone is 1. The molecule has 0 heterocycles. The van der Waals surface area contributed by atoms with E-state index >= 15 is 0 Å². The number of fused-ring (bicyclic) bond motifs is 4. The fraction of sp³-hybridized carbons (Fsp3) is 0.641. The highest BCUT2D eigenvalue weighted by Gasteiger charge is 2.66. The van der Waals surface area contributed by atoms with E-state index in [1.807, 2.05) is 10.4 Å². The minimum atomic E-state index is -2.15. The quantitative estimate of drug-likeness (QED) is 0.226. The maximum atomic E-state index is 4.28. The Kier molecular flexibility index (Phi) is 8.03. The van der Waals surface area contributed by atoms with Gasteiger partial charge in [-0.1, -0.05) is 161 Å². The summed E-state index contributed by atoms with van der Waals surface area (Å²) in [4.78, 5) is 0. The average molecular weight is 581 g/mol. The van der Waals surface area contributed by atoms with Gasteiger partial charge in [-0.05, 0) is 71.0 Å². The van der Waals surface area contributed by atoms with E-state index in [9.17, 15) is 0 Å². The van der Waals surface area contributed by atoms with Gasteiger partial charge in [-0.25, -0.2) is 0 Å². The predicted molar refractivity (Wildman–Crippen MR) is 183 cm³/mol. The molecule has 8 unspecified atom stereocenters. The average Bonchev–Trinajstić information content (AvgIpc) is 3.57. The molecule has 7 rings (SSSR count). The minimum Gasteiger partial charge on any atom is -0.103 e. The molecule has 0 N–H and O–H groups in total. The Labute approximate surface area is 253 Å². The van der Waals surface area contributed by atoms with Gasteiger partial charge < -0.3 is 0 Å². The van der Waals surface area contributed by atoms with Crippen LogP contribution in [0.25, 0.3) is 0 Å². The van der Waals surface area contributed by atoms with Gasteiger partial charge in [0, 0.05) is 0 Å². The molecule has 8 atom stereocenters. The number of hydrogen-bond donors (Lipinski definition) is 0. The van der Waals surface area contributed by atoms with Crippen LogP contribution in [0.5, 0.6) is 0 Å². The van der Waals surface area contributed by atoms with E-state index < -0.39 is 16.1 Å². The first-order valence-electron chi connectivity index (χ1n) is 17.8. The molecule has 0 bridgehead atoms. The summed E-state index contributed by atoms with van der Waals surface area (Å²) in [6.45, 7) is 9.76. The van der Waals surface area contributed by atoms with Crippen LogP contribution in [-0.2, 0) is 0 Å². The van der Waals surface area contributed by atoms with Crippen molar-refractivity contribution in [2.24, 2.45) is 35.5 Å². The number of benzene rings is 2. The van der Waals surface area contributed by atoms with Crippen LogP contribution in [0, 0.1) is 35.5 Å². The molecule has 0 saturated heterocycles. The van der Waals surface area contributed by atoms with Crippen LogP contribution < -0.4 is 10.4 Å². The summed E-state index contributed by atoms with van der Waals surface area (Å²) in [6.07, 6.45) is 21.9. The van der Waals surface area contributed by atoms with Crippen molar-refractivity contribution < 1.29 is 0 Å². The van der Waals surface area contributed by atoms with Crippen molar-refractivity contribution in [2.45, 2.75) is 119 Å². The summed E-state index contributed by atoms with van der Waals surface area (Å²) in [5, 5.41) is 3.65. The Morgan fingerprint density at radius 1 is 0.585 bits per heavy atom. The lowest BCUT2D eigenvalue weighted by molar-refractivity contribution is 0.184. The third kappa shape index (κ3) is 4.64. The van der Waals surface area contributed by atoms with Crippen molar-refractivity contribution in [3.05, 3.63) is 73.3 Å². The van der Waals surface area contributed by atoms with E-state index in [4.69, 9.17) is 0 Å². The van der Waals surface area contributed by atoms with Gasteiger partial charge in [0.25, 0.3) is 0 Å². The van der Waals surface area contributed by atoms with Gasteiger partial charge in [-0.2, -0.15) is 0 Å². The first kappa shape index (κ1) is 28.4. The summed E-state index contributed by atoms with van der Waals surface area (Å²) < 4.78 is 0. The molecule has 2 aromatic carbocycles. The Balaban J connectivity index is 1.47. The summed E-state index contributed by atoms with van der Waals surface area (Å²) in [5.74, 6) is 5.91. The molecule has 0 amide bonds. The zero-order chi connectivity index (χ0) is 28.0. The minimum absolute atomic E-state index is 0.910. The second kappa shape index (κ2) is 11.6. The van der Waals surface area contributed by atoms with E-state index in [2.05, 4.69) is 86.4 Å². The van der Waals surface area contributed by atoms with Crippen LogP contribution in [0.4, 0.5) is 0 Å². The van der Waals surface area contributed by atoms with Gasteiger partial charge >= 0.3 is 0 Å². The van der Waals surface area contributed by atoms with Gasteiger partial charge in [0.1, 0.15) is 8.07 Å². The molecular formula is C39H56Si2. The van der Waals surface area contributed by atoms with Gasteiger partial charge in [0.05, 0.1) is 8.07 Å². The molecule has 41 heavy (non-hydrogen) atoms. The summed E-state index contributed by atoms with van der Waals surface area (Å²) in [6, 6.07) is 26.2. The molecule has 0 aliphatic heterocycles. The number of hydrogen-bond acceptors (Lipinski definition) is 0. The van der Waals surface area contributed by atoms with Crippen LogP contribution in [0.2, 0.25) is 35.8 Å². The lowest BCUT2D eigenvalue weighted by Crippen LogP contribution is -2.67. The van der Waals surface area contributed by atoms with Crippen LogP contribution >= 0.6 is 0 Å². The standard InChI is InChI=1S/C39H56Si2/c1-4-27-40(2,3)37-28-38(34-24-14-13-23-33(34)37)41(29-17-7-5-8-18-29,30-19-9-6-10-20-30)39-35-25-15-11-21-31(35)32-22-12-16-26-36(32)39/h4-10,17-20,31-39H,1,11-16,21-28H2,2-3H3. The molecule has 0 nitrogen and oxygen atoms in total. The molecule has 5 aliphatic carbocycles. The first-order chi connectivity index (χ1) is 20.1. The third-order valence-electron chi connectivity index (χ3n) is 13.9. The zero-order valence-corrected chi connectivity index (χ0v) is 28.2. The third-order valence-corrected chi connectivity index (χ3v) is 24.3. The Bertz CT molecular complexity index is 1110. The molecule has 220 valence electrons. The van der Waals surface area contributed by atoms with E-state index in [-0.39, 0.29) is 0 Å². The molecule has 2 heteroatoms. The van der Waals surface area contributed by atoms with Crippen molar-refractivity contribution in [1.82, 2.24) is 0 Å². The lowest BCUT2D eigenvalue weighted by Gasteiger charge is -2.51. The van der Waals surface area contributed by atoms with Crippen molar-refractivity contribution in [3.8, 4) is 0 Å². The zero-order valence-electron chi connectivity index (χ0n) is 26.2. The second-order valence-corrected chi connectivity index (χ2v) is 25.3. The molecule has 5 fully saturated rings. The van der Waals surface area contributed by atoms with Crippen LogP contribution in [-0.4, -0.2) is 16.1 Å². The molecular weight excluding hydrogens is 525 g/mol. The van der Waals surface area contributed by atoms with Gasteiger partial charge in [0.2, 0.25) is 0 Å². The molecule has 0 radical (unpaired) electrons. The monoisotopic (exact) mass is 580 g/mol. The van der Waals surface area contributed by atoms with Crippen molar-refractivity contribution in [2.75, 3.05) is 0 Å².